The van der Waals surface area contributed by atoms with Crippen LogP contribution in [0.3, 0.4) is 0 Å². The Bertz CT molecular complexity index is 4750. The number of ether oxygens (including phenoxy) is 2. The lowest BCUT2D eigenvalue weighted by Crippen LogP contribution is -2.48. The van der Waals surface area contributed by atoms with Gasteiger partial charge in [0.2, 0.25) is 31.9 Å². The minimum Gasteiger partial charge on any atom is -0.490 e. The number of piperidine rings is 2. The van der Waals surface area contributed by atoms with Gasteiger partial charge in [-0.1, -0.05) is 48.5 Å². The number of piperazine rings is 2. The van der Waals surface area contributed by atoms with Crippen molar-refractivity contribution in [2.24, 2.45) is 0 Å². The monoisotopic (exact) mass is 1400 g/mol. The number of rotatable bonds is 12. The number of halogens is 4. The van der Waals surface area contributed by atoms with E-state index in [0.29, 0.717) is 87.3 Å². The normalized spacial score (nSPS) is 16.1. The van der Waals surface area contributed by atoms with Crippen molar-refractivity contribution in [3.05, 3.63) is 157 Å². The molecule has 0 aliphatic carbocycles. The topological polar surface area (TPSA) is 296 Å². The third kappa shape index (κ3) is 18.1. The molecule has 4 aliphatic rings. The quantitative estimate of drug-likeness (QED) is 0.0620. The van der Waals surface area contributed by atoms with Crippen LogP contribution in [0.15, 0.2) is 140 Å². The number of likely N-dealkylation sites (tertiary alicyclic amines) is 1. The summed E-state index contributed by atoms with van der Waals surface area (Å²) in [7, 11) is -6.37. The van der Waals surface area contributed by atoms with Crippen molar-refractivity contribution in [2.45, 2.75) is 64.3 Å². The van der Waals surface area contributed by atoms with E-state index in [1.165, 1.54) is 38.8 Å². The highest BCUT2D eigenvalue weighted by molar-refractivity contribution is 7.88. The van der Waals surface area contributed by atoms with Gasteiger partial charge < -0.3 is 34.4 Å². The fraction of sp³-hybridized carbons (Fsp3) is 0.368. The summed E-state index contributed by atoms with van der Waals surface area (Å²) < 4.78 is 114. The van der Waals surface area contributed by atoms with Gasteiger partial charge in [0, 0.05) is 139 Å². The van der Waals surface area contributed by atoms with Gasteiger partial charge in [-0.3, -0.25) is 35.1 Å². The molecule has 2 amide bonds. The van der Waals surface area contributed by atoms with E-state index >= 15 is 0 Å². The van der Waals surface area contributed by atoms with Crippen molar-refractivity contribution in [3.8, 4) is 11.5 Å². The van der Waals surface area contributed by atoms with E-state index in [1.54, 1.807) is 37.3 Å². The van der Waals surface area contributed by atoms with Crippen molar-refractivity contribution in [2.75, 3.05) is 113 Å². The highest BCUT2D eigenvalue weighted by Gasteiger charge is 2.34. The number of benzene rings is 6. The Hall–Kier alpha value is -9.85. The molecule has 524 valence electrons. The van der Waals surface area contributed by atoms with Crippen LogP contribution in [0, 0.1) is 5.82 Å². The molecule has 25 nitrogen and oxygen atoms in total. The molecule has 0 bridgehead atoms. The number of carbonyl (C=O) groups excluding carboxylic acids is 2. The van der Waals surface area contributed by atoms with E-state index in [9.17, 15) is 44.0 Å². The van der Waals surface area contributed by atoms with Gasteiger partial charge in [0.15, 0.2) is 0 Å². The number of alkyl halides is 3. The number of hydrogen-bond acceptors (Lipinski definition) is 16. The predicted molar refractivity (Wildman–Crippen MR) is 373 cm³/mol. The SMILES string of the molecule is CC(=O)N1CCC(Oc2cccc3[nH]ncc23)CC1.CC(=O)N1CCN(c2cc(F)cc3[nH]ncc23)CC1.CS(=O)(=O)N1CCC(Oc2cccc3[nH]ncc23)CC1.CS(=O)(=O)N1CCN(c2cc(C(F)(F)F)cc3[nH]ncc23)CC1.c1ccc(CCNc2cccc3[nH]ncc23)cc1. The molecule has 0 spiro atoms. The van der Waals surface area contributed by atoms with Gasteiger partial charge in [-0.2, -0.15) is 43.0 Å². The Morgan fingerprint density at radius 3 is 1.42 bits per heavy atom. The highest BCUT2D eigenvalue weighted by atomic mass is 32.2. The first-order valence-electron chi connectivity index (χ1n) is 32.5. The molecule has 31 heteroatoms. The predicted octanol–water partition coefficient (Wildman–Crippen LogP) is 9.57. The minimum atomic E-state index is -4.46. The zero-order chi connectivity index (χ0) is 69.8. The van der Waals surface area contributed by atoms with Crippen molar-refractivity contribution in [1.29, 1.82) is 0 Å². The van der Waals surface area contributed by atoms with Crippen LogP contribution in [0.25, 0.3) is 54.5 Å². The van der Waals surface area contributed by atoms with Crippen molar-refractivity contribution in [3.63, 3.8) is 0 Å². The molecule has 6 aromatic carbocycles. The number of hydrogen-bond donors (Lipinski definition) is 6. The lowest BCUT2D eigenvalue weighted by Gasteiger charge is -2.35. The molecule has 4 aliphatic heterocycles. The number of anilines is 3. The van der Waals surface area contributed by atoms with Gasteiger partial charge >= 0.3 is 6.18 Å². The maximum atomic E-state index is 13.6. The molecule has 0 radical (unpaired) electrons. The Kier molecular flexibility index (Phi) is 22.3. The standard InChI is InChI=1S/C15H15N3.C14H17N3O2.C13H15F3N4O2S.C13H15FN4O.C13H17N3O3S/c1-2-5-12(6-3-1)9-10-16-14-7-4-8-15-13(14)11-17-18-15;1-10(18)17-7-5-11(6-8-17)19-14-4-2-3-13-12(14)9-15-16-13;1-23(21,22)20-4-2-19(3-5-20)12-7-9(13(14,15)16)6-11-10(12)8-17-18-11;1-9(19)17-2-4-18(5-3-17)13-7-10(14)6-12-11(13)8-15-16-12;1-20(17,18)16-7-5-10(6-8-16)19-13-4-2-3-12-11(13)9-14-15-12/h1-8,11,16H,9-10H2,(H,17,18);2-4,9,11H,5-8H2,1H3,(H,15,16);6-8H,2-5H2,1H3,(H,17,18);6-8H,2-5H2,1H3,(H,15,16);2-4,9-10H,5-8H2,1H3,(H,14,15). The minimum absolute atomic E-state index is 0.0495. The van der Waals surface area contributed by atoms with Gasteiger partial charge in [0.1, 0.15) is 29.5 Å². The molecule has 4 saturated heterocycles. The van der Waals surface area contributed by atoms with Gasteiger partial charge in [0.25, 0.3) is 0 Å². The molecular weight excluding hydrogens is 1320 g/mol. The number of sulfonamides is 2. The van der Waals surface area contributed by atoms with Crippen LogP contribution in [0.2, 0.25) is 0 Å². The molecule has 11 aromatic rings. The van der Waals surface area contributed by atoms with Crippen molar-refractivity contribution >= 4 is 103 Å². The van der Waals surface area contributed by atoms with Gasteiger partial charge in [0.05, 0.1) is 93.1 Å². The average Bonchev–Trinajstić information content (AvgIpc) is 1.76. The summed E-state index contributed by atoms with van der Waals surface area (Å²) in [5.74, 6) is 1.63. The molecule has 15 rings (SSSR count). The second kappa shape index (κ2) is 31.3. The summed E-state index contributed by atoms with van der Waals surface area (Å²) in [5, 5.41) is 42.1. The number of aromatic amines is 5. The molecule has 4 fully saturated rings. The van der Waals surface area contributed by atoms with E-state index in [1.807, 2.05) is 70.6 Å². The third-order valence-corrected chi connectivity index (χ3v) is 20.4. The summed E-state index contributed by atoms with van der Waals surface area (Å²) in [6.07, 6.45) is 10.9. The largest absolute Gasteiger partial charge is 0.490 e. The maximum Gasteiger partial charge on any atom is 0.416 e. The lowest BCUT2D eigenvalue weighted by atomic mass is 10.1. The average molecular weight is 1400 g/mol. The van der Waals surface area contributed by atoms with Crippen LogP contribution in [-0.2, 0) is 42.2 Å². The fourth-order valence-electron chi connectivity index (χ4n) is 12.4. The molecule has 99 heavy (non-hydrogen) atoms. The molecule has 0 saturated carbocycles. The second-order valence-electron chi connectivity index (χ2n) is 24.5. The van der Waals surface area contributed by atoms with Crippen LogP contribution >= 0.6 is 0 Å². The van der Waals surface area contributed by atoms with Crippen molar-refractivity contribution in [1.82, 2.24) is 69.4 Å². The molecule has 5 aromatic heterocycles. The molecule has 0 unspecified atom stereocenters. The van der Waals surface area contributed by atoms with Crippen LogP contribution in [0.4, 0.5) is 34.6 Å². The number of nitrogens with one attached hydrogen (secondary N) is 6. The summed E-state index contributed by atoms with van der Waals surface area (Å²) in [5.41, 5.74) is 6.99. The Morgan fingerprint density at radius 1 is 0.495 bits per heavy atom. The van der Waals surface area contributed by atoms with E-state index < -0.39 is 31.8 Å². The number of H-pyrrole nitrogens is 5. The number of nitrogens with zero attached hydrogens (tertiary/aromatic N) is 11. The number of fused-ring (bicyclic) bond motifs is 5. The Balaban J connectivity index is 0.000000125. The number of amides is 2. The fourth-order valence-corrected chi connectivity index (χ4v) is 14.1. The lowest BCUT2D eigenvalue weighted by molar-refractivity contribution is -0.137. The zero-order valence-electron chi connectivity index (χ0n) is 55.2. The molecular formula is C68H79F4N17O8S2. The van der Waals surface area contributed by atoms with E-state index in [-0.39, 0.29) is 42.9 Å². The number of aromatic nitrogens is 10. The molecule has 0 atom stereocenters. The van der Waals surface area contributed by atoms with Gasteiger partial charge in [-0.15, -0.1) is 0 Å². The summed E-state index contributed by atoms with van der Waals surface area (Å²) in [6.45, 7) is 10.6. The Morgan fingerprint density at radius 2 is 0.919 bits per heavy atom. The summed E-state index contributed by atoms with van der Waals surface area (Å²) in [6, 6.07) is 33.4. The molecule has 6 N–H and O–H groups in total. The van der Waals surface area contributed by atoms with Gasteiger partial charge in [-0.25, -0.2) is 25.5 Å². The second-order valence-corrected chi connectivity index (χ2v) is 28.5. The van der Waals surface area contributed by atoms with Crippen LogP contribution in [-0.4, -0.2) is 208 Å². The first-order valence-corrected chi connectivity index (χ1v) is 36.2. The van der Waals surface area contributed by atoms with E-state index in [0.717, 1.165) is 118 Å². The zero-order valence-corrected chi connectivity index (χ0v) is 56.8. The smallest absolute Gasteiger partial charge is 0.416 e. The first kappa shape index (κ1) is 70.5. The van der Waals surface area contributed by atoms with E-state index in [2.05, 4.69) is 91.5 Å². The summed E-state index contributed by atoms with van der Waals surface area (Å²) >= 11 is 0. The first-order chi connectivity index (χ1) is 47.5. The Labute approximate surface area is 569 Å². The maximum absolute atomic E-state index is 13.6. The van der Waals surface area contributed by atoms with Crippen LogP contribution in [0.5, 0.6) is 11.5 Å². The number of carbonyl (C=O) groups is 2. The highest BCUT2D eigenvalue weighted by Crippen LogP contribution is 2.37. The van der Waals surface area contributed by atoms with Crippen LogP contribution < -0.4 is 24.6 Å². The molecule has 9 heterocycles. The van der Waals surface area contributed by atoms with E-state index in [4.69, 9.17) is 9.47 Å². The van der Waals surface area contributed by atoms with Crippen molar-refractivity contribution < 1.29 is 53.5 Å². The van der Waals surface area contributed by atoms with Crippen LogP contribution in [0.1, 0.15) is 50.7 Å². The third-order valence-electron chi connectivity index (χ3n) is 17.8. The summed E-state index contributed by atoms with van der Waals surface area (Å²) in [4.78, 5) is 30.1. The van der Waals surface area contributed by atoms with Gasteiger partial charge in [-0.05, 0) is 85.5 Å².